The number of benzene rings is 2. The first kappa shape index (κ1) is 18.3. The number of thioether (sulfide) groups is 1. The number of ketones is 1. The topological polar surface area (TPSA) is 54.4 Å². The van der Waals surface area contributed by atoms with Crippen molar-refractivity contribution in [1.82, 2.24) is 0 Å². The third-order valence-corrected chi connectivity index (χ3v) is 5.02. The maximum Gasteiger partial charge on any atom is 0.309 e. The van der Waals surface area contributed by atoms with E-state index in [-0.39, 0.29) is 5.78 Å². The van der Waals surface area contributed by atoms with Gasteiger partial charge >= 0.3 is 5.97 Å². The Kier molecular flexibility index (Phi) is 5.84. The molecule has 0 heterocycles. The lowest BCUT2D eigenvalue weighted by Gasteiger charge is -2.28. The Balaban J connectivity index is 2.29. The number of hydrogen-bond donors (Lipinski definition) is 1. The fourth-order valence-electron chi connectivity index (χ4n) is 2.59. The van der Waals surface area contributed by atoms with Gasteiger partial charge in [0.05, 0.1) is 5.41 Å². The van der Waals surface area contributed by atoms with Gasteiger partial charge in [0, 0.05) is 17.2 Å². The maximum atomic E-state index is 12.9. The van der Waals surface area contributed by atoms with Crippen LogP contribution in [0.3, 0.4) is 0 Å². The van der Waals surface area contributed by atoms with Crippen LogP contribution in [0.4, 0.5) is 0 Å². The van der Waals surface area contributed by atoms with Crippen molar-refractivity contribution in [3.05, 3.63) is 60.2 Å². The summed E-state index contributed by atoms with van der Waals surface area (Å²) in [6, 6.07) is 17.3. The van der Waals surface area contributed by atoms with E-state index in [2.05, 4.69) is 0 Å². The molecule has 0 fully saturated rings. The summed E-state index contributed by atoms with van der Waals surface area (Å²) < 4.78 is 0. The van der Waals surface area contributed by atoms with Gasteiger partial charge in [-0.1, -0.05) is 54.6 Å². The number of carboxylic acid groups (broad SMARTS) is 1. The molecule has 1 unspecified atom stereocenters. The van der Waals surface area contributed by atoms with Gasteiger partial charge in [-0.15, -0.1) is 0 Å². The summed E-state index contributed by atoms with van der Waals surface area (Å²) in [6.07, 6.45) is 1.89. The summed E-state index contributed by atoms with van der Waals surface area (Å²) in [7, 11) is 0. The smallest absolute Gasteiger partial charge is 0.309 e. The predicted octanol–water partition coefficient (Wildman–Crippen LogP) is 4.63. The van der Waals surface area contributed by atoms with Gasteiger partial charge in [-0.25, -0.2) is 0 Å². The summed E-state index contributed by atoms with van der Waals surface area (Å²) in [5.74, 6) is -1.14. The molecule has 2 rings (SSSR count). The molecule has 0 aliphatic rings. The third kappa shape index (κ3) is 3.88. The van der Waals surface area contributed by atoms with Gasteiger partial charge in [0.2, 0.25) is 0 Å². The summed E-state index contributed by atoms with van der Waals surface area (Å²) in [6.45, 7) is 3.24. The molecular weight excluding hydrogens is 320 g/mol. The molecule has 0 bridgehead atoms. The molecule has 2 aromatic carbocycles. The van der Waals surface area contributed by atoms with E-state index in [1.165, 1.54) is 11.8 Å². The van der Waals surface area contributed by atoms with Crippen LogP contribution in [0.1, 0.15) is 24.2 Å². The number of hydrogen-bond acceptors (Lipinski definition) is 3. The van der Waals surface area contributed by atoms with E-state index in [0.29, 0.717) is 11.3 Å². The fraction of sp³-hybridized carbons (Fsp3) is 0.300. The molecule has 0 amide bonds. The SMILES string of the molecule is CSCC(C(=O)c1ccc(-c2ccccc2)cc1)C(C)(C)C(=O)O. The molecule has 1 atom stereocenters. The largest absolute Gasteiger partial charge is 0.481 e. The Morgan fingerprint density at radius 1 is 1.00 bits per heavy atom. The van der Waals surface area contributed by atoms with Gasteiger partial charge in [0.25, 0.3) is 0 Å². The van der Waals surface area contributed by atoms with Crippen molar-refractivity contribution in [3.63, 3.8) is 0 Å². The lowest BCUT2D eigenvalue weighted by Crippen LogP contribution is -2.39. The van der Waals surface area contributed by atoms with Crippen molar-refractivity contribution in [3.8, 4) is 11.1 Å². The number of carboxylic acids is 1. The Morgan fingerprint density at radius 3 is 2.04 bits per heavy atom. The summed E-state index contributed by atoms with van der Waals surface area (Å²) in [4.78, 5) is 24.4. The van der Waals surface area contributed by atoms with Crippen LogP contribution in [0.15, 0.2) is 54.6 Å². The van der Waals surface area contributed by atoms with Crippen molar-refractivity contribution in [2.24, 2.45) is 11.3 Å². The molecule has 0 aliphatic heterocycles. The van der Waals surface area contributed by atoms with Crippen molar-refractivity contribution < 1.29 is 14.7 Å². The van der Waals surface area contributed by atoms with Crippen LogP contribution in [-0.2, 0) is 4.79 Å². The van der Waals surface area contributed by atoms with E-state index in [1.54, 1.807) is 26.0 Å². The lowest BCUT2D eigenvalue weighted by atomic mass is 9.76. The molecule has 0 radical (unpaired) electrons. The van der Waals surface area contributed by atoms with Crippen LogP contribution in [0, 0.1) is 11.3 Å². The van der Waals surface area contributed by atoms with Gasteiger partial charge in [-0.2, -0.15) is 11.8 Å². The molecule has 24 heavy (non-hydrogen) atoms. The highest BCUT2D eigenvalue weighted by Crippen LogP contribution is 2.33. The highest BCUT2D eigenvalue weighted by Gasteiger charge is 2.41. The van der Waals surface area contributed by atoms with Crippen molar-refractivity contribution >= 4 is 23.5 Å². The van der Waals surface area contributed by atoms with Gasteiger partial charge < -0.3 is 5.11 Å². The van der Waals surface area contributed by atoms with Crippen LogP contribution >= 0.6 is 11.8 Å². The minimum Gasteiger partial charge on any atom is -0.481 e. The molecule has 126 valence electrons. The van der Waals surface area contributed by atoms with Gasteiger partial charge in [0.1, 0.15) is 0 Å². The highest BCUT2D eigenvalue weighted by atomic mass is 32.2. The molecule has 1 N–H and O–H groups in total. The Hall–Kier alpha value is -2.07. The monoisotopic (exact) mass is 342 g/mol. The molecule has 2 aromatic rings. The average Bonchev–Trinajstić information content (AvgIpc) is 2.59. The van der Waals surface area contributed by atoms with E-state index < -0.39 is 17.3 Å². The lowest BCUT2D eigenvalue weighted by molar-refractivity contribution is -0.148. The number of rotatable bonds is 7. The Bertz CT molecular complexity index is 705. The van der Waals surface area contributed by atoms with Crippen molar-refractivity contribution in [2.45, 2.75) is 13.8 Å². The van der Waals surface area contributed by atoms with E-state index >= 15 is 0 Å². The van der Waals surface area contributed by atoms with Crippen molar-refractivity contribution in [1.29, 1.82) is 0 Å². The van der Waals surface area contributed by atoms with E-state index in [4.69, 9.17) is 0 Å². The number of carbonyl (C=O) groups is 2. The van der Waals surface area contributed by atoms with Gasteiger partial charge in [0.15, 0.2) is 5.78 Å². The van der Waals surface area contributed by atoms with Crippen LogP contribution in [0.25, 0.3) is 11.1 Å². The second-order valence-corrected chi connectivity index (χ2v) is 7.25. The van der Waals surface area contributed by atoms with Crippen molar-refractivity contribution in [2.75, 3.05) is 12.0 Å². The minimum absolute atomic E-state index is 0.114. The second kappa shape index (κ2) is 7.67. The first-order chi connectivity index (χ1) is 11.4. The van der Waals surface area contributed by atoms with Gasteiger partial charge in [-0.3, -0.25) is 9.59 Å². The first-order valence-corrected chi connectivity index (χ1v) is 9.19. The first-order valence-electron chi connectivity index (χ1n) is 7.80. The normalized spacial score (nSPS) is 12.6. The molecule has 0 saturated carbocycles. The minimum atomic E-state index is -1.10. The van der Waals surface area contributed by atoms with Crippen LogP contribution in [0.2, 0.25) is 0 Å². The zero-order valence-electron chi connectivity index (χ0n) is 14.2. The Morgan fingerprint density at radius 2 is 1.54 bits per heavy atom. The zero-order valence-corrected chi connectivity index (χ0v) is 15.0. The standard InChI is InChI=1S/C20H22O3S/c1-20(2,19(22)23)17(13-24-3)18(21)16-11-9-15(10-12-16)14-7-5-4-6-8-14/h4-12,17H,13H2,1-3H3,(H,22,23). The van der Waals surface area contributed by atoms with E-state index in [9.17, 15) is 14.7 Å². The highest BCUT2D eigenvalue weighted by molar-refractivity contribution is 7.98. The van der Waals surface area contributed by atoms with Crippen LogP contribution < -0.4 is 0 Å². The third-order valence-electron chi connectivity index (χ3n) is 4.35. The quantitative estimate of drug-likeness (QED) is 0.746. The molecular formula is C20H22O3S. The number of aliphatic carboxylic acids is 1. The molecule has 0 aromatic heterocycles. The second-order valence-electron chi connectivity index (χ2n) is 6.34. The maximum absolute atomic E-state index is 12.9. The molecule has 4 heteroatoms. The molecule has 0 saturated heterocycles. The molecule has 3 nitrogen and oxygen atoms in total. The molecule has 0 spiro atoms. The van der Waals surface area contributed by atoms with E-state index in [1.807, 2.05) is 48.7 Å². The summed E-state index contributed by atoms with van der Waals surface area (Å²) in [5.41, 5.74) is 1.58. The number of carbonyl (C=O) groups excluding carboxylic acids is 1. The zero-order chi connectivity index (χ0) is 17.7. The average molecular weight is 342 g/mol. The van der Waals surface area contributed by atoms with Gasteiger partial charge in [-0.05, 0) is 31.2 Å². The van der Waals surface area contributed by atoms with E-state index in [0.717, 1.165) is 11.1 Å². The predicted molar refractivity (Wildman–Crippen MR) is 99.5 cm³/mol. The summed E-state index contributed by atoms with van der Waals surface area (Å²) in [5, 5.41) is 9.47. The summed E-state index contributed by atoms with van der Waals surface area (Å²) >= 11 is 1.49. The molecule has 0 aliphatic carbocycles. The van der Waals surface area contributed by atoms with Crippen LogP contribution in [-0.4, -0.2) is 28.9 Å². The Labute approximate surface area is 147 Å². The van der Waals surface area contributed by atoms with Crippen LogP contribution in [0.5, 0.6) is 0 Å². The number of Topliss-reactive ketones (excluding diaryl/α,β-unsaturated/α-hetero) is 1. The fourth-order valence-corrected chi connectivity index (χ4v) is 3.49.